The van der Waals surface area contributed by atoms with Gasteiger partial charge in [-0.1, -0.05) is 32.4 Å². The minimum Gasteiger partial charge on any atom is -0.478 e. The number of rotatable bonds is 2. The highest BCUT2D eigenvalue weighted by Crippen LogP contribution is 2.42. The minimum atomic E-state index is -3.43. The van der Waals surface area contributed by atoms with Crippen LogP contribution in [0.15, 0.2) is 17.7 Å². The summed E-state index contributed by atoms with van der Waals surface area (Å²) < 4.78 is 31.8. The molecule has 0 radical (unpaired) electrons. The third-order valence-corrected chi connectivity index (χ3v) is 3.31. The molecule has 1 N–H and O–H groups in total. The number of alkyl halides is 2. The lowest BCUT2D eigenvalue weighted by Gasteiger charge is -2.29. The number of aliphatic carboxylic acids is 1. The molecule has 1 heterocycles. The molecule has 2 atom stereocenters. The molecule has 19 heavy (non-hydrogen) atoms. The maximum atomic E-state index is 13.4. The monoisotopic (exact) mass is 326 g/mol. The van der Waals surface area contributed by atoms with E-state index in [0.29, 0.717) is 0 Å². The number of benzene rings is 1. The van der Waals surface area contributed by atoms with E-state index >= 15 is 0 Å². The lowest BCUT2D eigenvalue weighted by atomic mass is 10.0. The standard InChI is InChI=1S/C11H7Cl2F2O3P/c12-4-1-7(13)5-3-6(10(16)17)9(11(14,15)19)18-8(5)2-4/h1-3,9H,19H2,(H,16,17). The zero-order valence-corrected chi connectivity index (χ0v) is 11.8. The maximum Gasteiger partial charge on any atom is 0.335 e. The van der Waals surface area contributed by atoms with E-state index in [9.17, 15) is 13.6 Å². The summed E-state index contributed by atoms with van der Waals surface area (Å²) in [6, 6.07) is 2.68. The lowest BCUT2D eigenvalue weighted by molar-refractivity contribution is -0.135. The fourth-order valence-corrected chi connectivity index (χ4v) is 2.46. The first kappa shape index (κ1) is 14.5. The molecule has 1 aliphatic rings. The number of hydrogen-bond acceptors (Lipinski definition) is 2. The smallest absolute Gasteiger partial charge is 0.335 e. The number of halogens is 4. The molecule has 1 aromatic rings. The average Bonchev–Trinajstić information content (AvgIpc) is 2.25. The van der Waals surface area contributed by atoms with Gasteiger partial charge in [0.1, 0.15) is 5.75 Å². The van der Waals surface area contributed by atoms with E-state index in [2.05, 4.69) is 0 Å². The Morgan fingerprint density at radius 1 is 1.42 bits per heavy atom. The summed E-state index contributed by atoms with van der Waals surface area (Å²) in [6.07, 6.45) is -0.848. The van der Waals surface area contributed by atoms with Crippen molar-refractivity contribution >= 4 is 44.5 Å². The number of fused-ring (bicyclic) bond motifs is 1. The second kappa shape index (κ2) is 4.89. The Hall–Kier alpha value is -0.900. The highest BCUT2D eigenvalue weighted by molar-refractivity contribution is 7.18. The SMILES string of the molecule is O=C(O)C1=Cc2c(Cl)cc(Cl)cc2OC1C(F)(F)P. The van der Waals surface area contributed by atoms with Gasteiger partial charge in [0, 0.05) is 10.6 Å². The third-order valence-electron chi connectivity index (χ3n) is 2.48. The average molecular weight is 327 g/mol. The lowest BCUT2D eigenvalue weighted by Crippen LogP contribution is -2.39. The maximum absolute atomic E-state index is 13.4. The number of carboxylic acids is 1. The Kier molecular flexibility index (Phi) is 3.74. The Bertz CT molecular complexity index is 584. The van der Waals surface area contributed by atoms with E-state index in [4.69, 9.17) is 33.0 Å². The number of carbonyl (C=O) groups is 1. The molecule has 3 nitrogen and oxygen atoms in total. The van der Waals surface area contributed by atoms with Gasteiger partial charge in [-0.05, 0) is 18.2 Å². The molecular weight excluding hydrogens is 320 g/mol. The van der Waals surface area contributed by atoms with Crippen LogP contribution in [-0.4, -0.2) is 22.8 Å². The Morgan fingerprint density at radius 3 is 2.58 bits per heavy atom. The molecular formula is C11H7Cl2F2O3P. The van der Waals surface area contributed by atoms with Crippen LogP contribution in [0.5, 0.6) is 5.75 Å². The van der Waals surface area contributed by atoms with Crippen LogP contribution in [0.2, 0.25) is 10.0 Å². The van der Waals surface area contributed by atoms with Crippen molar-refractivity contribution in [2.45, 2.75) is 11.8 Å². The molecule has 0 amide bonds. The second-order valence-electron chi connectivity index (χ2n) is 3.88. The van der Waals surface area contributed by atoms with Crippen molar-refractivity contribution in [3.8, 4) is 5.75 Å². The Morgan fingerprint density at radius 2 is 2.05 bits per heavy atom. The Labute approximate surface area is 119 Å². The number of carboxylic acid groups (broad SMARTS) is 1. The second-order valence-corrected chi connectivity index (χ2v) is 5.49. The summed E-state index contributed by atoms with van der Waals surface area (Å²) >= 11 is 11.6. The molecule has 1 aliphatic heterocycles. The topological polar surface area (TPSA) is 46.5 Å². The Balaban J connectivity index is 2.61. The van der Waals surface area contributed by atoms with Crippen LogP contribution in [0.25, 0.3) is 6.08 Å². The molecule has 0 saturated heterocycles. The molecule has 0 aromatic heterocycles. The highest BCUT2D eigenvalue weighted by atomic mass is 35.5. The van der Waals surface area contributed by atoms with Gasteiger partial charge >= 0.3 is 5.97 Å². The van der Waals surface area contributed by atoms with Crippen molar-refractivity contribution in [2.24, 2.45) is 0 Å². The fourth-order valence-electron chi connectivity index (χ4n) is 1.68. The van der Waals surface area contributed by atoms with Gasteiger partial charge in [0.2, 0.25) is 0 Å². The van der Waals surface area contributed by atoms with Crippen molar-refractivity contribution < 1.29 is 23.4 Å². The molecule has 0 saturated carbocycles. The predicted molar refractivity (Wildman–Crippen MR) is 71.1 cm³/mol. The summed E-state index contributed by atoms with van der Waals surface area (Å²) in [5, 5.41) is 9.32. The van der Waals surface area contributed by atoms with Crippen LogP contribution in [0.1, 0.15) is 5.56 Å². The molecule has 8 heteroatoms. The molecule has 102 valence electrons. The minimum absolute atomic E-state index is 0.0228. The van der Waals surface area contributed by atoms with Gasteiger partial charge in [-0.25, -0.2) is 4.79 Å². The van der Waals surface area contributed by atoms with Crippen LogP contribution in [0, 0.1) is 0 Å². The van der Waals surface area contributed by atoms with E-state index in [0.717, 1.165) is 6.08 Å². The molecule has 0 bridgehead atoms. The van der Waals surface area contributed by atoms with E-state index < -0.39 is 23.3 Å². The van der Waals surface area contributed by atoms with Crippen molar-refractivity contribution in [2.75, 3.05) is 0 Å². The molecule has 0 spiro atoms. The van der Waals surface area contributed by atoms with Gasteiger partial charge in [0.25, 0.3) is 5.66 Å². The van der Waals surface area contributed by atoms with Gasteiger partial charge in [0.15, 0.2) is 6.10 Å². The van der Waals surface area contributed by atoms with Crippen molar-refractivity contribution in [3.63, 3.8) is 0 Å². The highest BCUT2D eigenvalue weighted by Gasteiger charge is 2.44. The first-order valence-corrected chi connectivity index (χ1v) is 6.30. The van der Waals surface area contributed by atoms with Crippen LogP contribution in [-0.2, 0) is 4.79 Å². The van der Waals surface area contributed by atoms with E-state index in [1.54, 1.807) is 0 Å². The van der Waals surface area contributed by atoms with Gasteiger partial charge < -0.3 is 9.84 Å². The van der Waals surface area contributed by atoms with Crippen LogP contribution in [0.3, 0.4) is 0 Å². The number of ether oxygens (including phenoxy) is 1. The van der Waals surface area contributed by atoms with Crippen molar-refractivity contribution in [1.29, 1.82) is 0 Å². The van der Waals surface area contributed by atoms with Crippen LogP contribution in [0.4, 0.5) is 8.78 Å². The molecule has 2 rings (SSSR count). The van der Waals surface area contributed by atoms with Gasteiger partial charge in [-0.2, -0.15) is 8.78 Å². The predicted octanol–water partition coefficient (Wildman–Crippen LogP) is 3.69. The van der Waals surface area contributed by atoms with Crippen LogP contribution >= 0.6 is 32.4 Å². The van der Waals surface area contributed by atoms with E-state index in [1.807, 2.05) is 0 Å². The van der Waals surface area contributed by atoms with E-state index in [-0.39, 0.29) is 21.4 Å². The first-order chi connectivity index (χ1) is 8.70. The fraction of sp³-hybridized carbons (Fsp3) is 0.182. The summed E-state index contributed by atoms with van der Waals surface area (Å²) in [5.74, 6) is -1.47. The van der Waals surface area contributed by atoms with Gasteiger partial charge in [-0.15, -0.1) is 0 Å². The molecule has 0 fully saturated rings. The summed E-state index contributed by atoms with van der Waals surface area (Å²) in [7, 11) is 1.26. The third kappa shape index (κ3) is 2.83. The quantitative estimate of drug-likeness (QED) is 0.843. The summed E-state index contributed by atoms with van der Waals surface area (Å²) in [4.78, 5) is 11.0. The molecule has 1 aromatic carbocycles. The first-order valence-electron chi connectivity index (χ1n) is 4.97. The normalized spacial score (nSPS) is 18.4. The summed E-state index contributed by atoms with van der Waals surface area (Å²) in [6.45, 7) is 0. The zero-order chi connectivity index (χ0) is 14.4. The molecule has 2 unspecified atom stereocenters. The van der Waals surface area contributed by atoms with Gasteiger partial charge in [-0.3, -0.25) is 0 Å². The molecule has 0 aliphatic carbocycles. The van der Waals surface area contributed by atoms with E-state index in [1.165, 1.54) is 21.4 Å². The zero-order valence-electron chi connectivity index (χ0n) is 9.16. The largest absolute Gasteiger partial charge is 0.478 e. The summed E-state index contributed by atoms with van der Waals surface area (Å²) in [5.41, 5.74) is -3.79. The van der Waals surface area contributed by atoms with Gasteiger partial charge in [0.05, 0.1) is 10.6 Å². The number of hydrogen-bond donors (Lipinski definition) is 1. The van der Waals surface area contributed by atoms with Crippen molar-refractivity contribution in [1.82, 2.24) is 0 Å². The van der Waals surface area contributed by atoms with Crippen molar-refractivity contribution in [3.05, 3.63) is 33.3 Å². The van der Waals surface area contributed by atoms with Crippen LogP contribution < -0.4 is 4.74 Å².